The first-order valence-corrected chi connectivity index (χ1v) is 9.19. The first-order valence-electron chi connectivity index (χ1n) is 9.19. The van der Waals surface area contributed by atoms with Crippen LogP contribution in [0.25, 0.3) is 17.0 Å². The van der Waals surface area contributed by atoms with Crippen molar-refractivity contribution in [1.82, 2.24) is 10.3 Å². The van der Waals surface area contributed by atoms with Crippen LogP contribution in [-0.2, 0) is 14.3 Å². The molecule has 29 heavy (non-hydrogen) atoms. The quantitative estimate of drug-likeness (QED) is 0.492. The maximum absolute atomic E-state index is 12.1. The number of nitrogens with zero attached hydrogens (tertiary/aromatic N) is 1. The average Bonchev–Trinajstić information content (AvgIpc) is 2.76. The second-order valence-corrected chi connectivity index (χ2v) is 6.39. The Labute approximate surface area is 169 Å². The number of hydrogen-bond donors (Lipinski definition) is 1. The molecule has 0 radical (unpaired) electrons. The van der Waals surface area contributed by atoms with Crippen LogP contribution in [0.1, 0.15) is 24.1 Å². The molecule has 0 aliphatic carbocycles. The monoisotopic (exact) mass is 390 g/mol. The van der Waals surface area contributed by atoms with Crippen molar-refractivity contribution in [3.63, 3.8) is 0 Å². The van der Waals surface area contributed by atoms with Crippen molar-refractivity contribution in [3.8, 4) is 5.75 Å². The number of nitrogens with one attached hydrogen (secondary N) is 1. The number of ether oxygens (including phenoxy) is 2. The van der Waals surface area contributed by atoms with Crippen molar-refractivity contribution in [2.45, 2.75) is 13.0 Å². The largest absolute Gasteiger partial charge is 0.496 e. The molecule has 6 nitrogen and oxygen atoms in total. The first kappa shape index (κ1) is 20.1. The van der Waals surface area contributed by atoms with Gasteiger partial charge in [-0.15, -0.1) is 0 Å². The van der Waals surface area contributed by atoms with Crippen LogP contribution < -0.4 is 10.1 Å². The molecule has 1 aromatic heterocycles. The third kappa shape index (κ3) is 5.19. The zero-order chi connectivity index (χ0) is 20.6. The SMILES string of the molecule is COc1ccccc1[C@H](C)NC(=O)COC(=O)/C=C/c1cccc2cccnc12. The fourth-order valence-electron chi connectivity index (χ4n) is 2.99. The molecule has 1 heterocycles. The van der Waals surface area contributed by atoms with E-state index in [0.717, 1.165) is 22.0 Å². The van der Waals surface area contributed by atoms with E-state index < -0.39 is 11.9 Å². The predicted octanol–water partition coefficient (Wildman–Crippen LogP) is 3.68. The van der Waals surface area contributed by atoms with Gasteiger partial charge in [0.2, 0.25) is 0 Å². The van der Waals surface area contributed by atoms with Crippen molar-refractivity contribution in [1.29, 1.82) is 0 Å². The van der Waals surface area contributed by atoms with Gasteiger partial charge in [0.05, 0.1) is 18.7 Å². The van der Waals surface area contributed by atoms with Gasteiger partial charge in [0.1, 0.15) is 5.75 Å². The van der Waals surface area contributed by atoms with E-state index in [1.807, 2.05) is 61.5 Å². The fourth-order valence-corrected chi connectivity index (χ4v) is 2.99. The van der Waals surface area contributed by atoms with Crippen LogP contribution in [0.3, 0.4) is 0 Å². The standard InChI is InChI=1S/C23H22N2O4/c1-16(19-10-3-4-11-20(19)28-2)25-21(26)15-29-22(27)13-12-18-8-5-7-17-9-6-14-24-23(17)18/h3-14,16H,15H2,1-2H3,(H,25,26)/b13-12+/t16-/m0/s1. The number of rotatable bonds is 7. The Bertz CT molecular complexity index is 1040. The van der Waals surface area contributed by atoms with Crippen LogP contribution in [0.4, 0.5) is 0 Å². The molecule has 0 saturated carbocycles. The molecule has 1 atom stereocenters. The topological polar surface area (TPSA) is 77.5 Å². The number of aromatic nitrogens is 1. The number of amides is 1. The van der Waals surface area contributed by atoms with Gasteiger partial charge >= 0.3 is 5.97 Å². The van der Waals surface area contributed by atoms with Gasteiger partial charge in [0, 0.05) is 28.8 Å². The summed E-state index contributed by atoms with van der Waals surface area (Å²) in [5.74, 6) is -0.307. The first-order chi connectivity index (χ1) is 14.1. The molecule has 6 heteroatoms. The number of carbonyl (C=O) groups excluding carboxylic acids is 2. The summed E-state index contributed by atoms with van der Waals surface area (Å²) in [5.41, 5.74) is 2.44. The van der Waals surface area contributed by atoms with Gasteiger partial charge in [0.15, 0.2) is 6.61 Å². The lowest BCUT2D eigenvalue weighted by Gasteiger charge is -2.17. The highest BCUT2D eigenvalue weighted by atomic mass is 16.5. The molecule has 0 aliphatic rings. The highest BCUT2D eigenvalue weighted by Crippen LogP contribution is 2.24. The number of pyridine rings is 1. The molecule has 2 aromatic carbocycles. The summed E-state index contributed by atoms with van der Waals surface area (Å²) in [6, 6.07) is 16.6. The summed E-state index contributed by atoms with van der Waals surface area (Å²) in [5, 5.41) is 3.77. The maximum atomic E-state index is 12.1. The van der Waals surface area contributed by atoms with Crippen molar-refractivity contribution >= 4 is 28.9 Å². The van der Waals surface area contributed by atoms with E-state index in [4.69, 9.17) is 9.47 Å². The summed E-state index contributed by atoms with van der Waals surface area (Å²) >= 11 is 0. The molecule has 0 unspecified atom stereocenters. The summed E-state index contributed by atoms with van der Waals surface area (Å²) in [6.07, 6.45) is 4.62. The Balaban J connectivity index is 1.55. The molecule has 0 saturated heterocycles. The van der Waals surface area contributed by atoms with Crippen molar-refractivity contribution in [2.24, 2.45) is 0 Å². The summed E-state index contributed by atoms with van der Waals surface area (Å²) in [4.78, 5) is 28.4. The minimum Gasteiger partial charge on any atom is -0.496 e. The third-order valence-corrected chi connectivity index (χ3v) is 4.39. The molecule has 0 aliphatic heterocycles. The van der Waals surface area contributed by atoms with Gasteiger partial charge in [-0.1, -0.05) is 42.5 Å². The van der Waals surface area contributed by atoms with Gasteiger partial charge < -0.3 is 14.8 Å². The van der Waals surface area contributed by atoms with Crippen molar-refractivity contribution in [2.75, 3.05) is 13.7 Å². The highest BCUT2D eigenvalue weighted by molar-refractivity contribution is 5.93. The number of para-hydroxylation sites is 2. The Morgan fingerprint density at radius 3 is 2.72 bits per heavy atom. The third-order valence-electron chi connectivity index (χ3n) is 4.39. The average molecular weight is 390 g/mol. The lowest BCUT2D eigenvalue weighted by Crippen LogP contribution is -2.31. The number of esters is 1. The minimum absolute atomic E-state index is 0.283. The van der Waals surface area contributed by atoms with Gasteiger partial charge in [-0.3, -0.25) is 9.78 Å². The second-order valence-electron chi connectivity index (χ2n) is 6.39. The van der Waals surface area contributed by atoms with Crippen LogP contribution in [0, 0.1) is 0 Å². The molecule has 0 fully saturated rings. The zero-order valence-electron chi connectivity index (χ0n) is 16.3. The maximum Gasteiger partial charge on any atom is 0.331 e. The van der Waals surface area contributed by atoms with E-state index in [-0.39, 0.29) is 12.6 Å². The lowest BCUT2D eigenvalue weighted by molar-refractivity contribution is -0.144. The number of fused-ring (bicyclic) bond motifs is 1. The van der Waals surface area contributed by atoms with Gasteiger partial charge in [0.25, 0.3) is 5.91 Å². The summed E-state index contributed by atoms with van der Waals surface area (Å²) in [7, 11) is 1.58. The number of benzene rings is 2. The number of carbonyl (C=O) groups is 2. The van der Waals surface area contributed by atoms with Gasteiger partial charge in [-0.05, 0) is 25.1 Å². The highest BCUT2D eigenvalue weighted by Gasteiger charge is 2.14. The van der Waals surface area contributed by atoms with E-state index in [9.17, 15) is 9.59 Å². The van der Waals surface area contributed by atoms with Crippen molar-refractivity contribution in [3.05, 3.63) is 78.0 Å². The minimum atomic E-state index is -0.599. The smallest absolute Gasteiger partial charge is 0.331 e. The van der Waals surface area contributed by atoms with Crippen LogP contribution >= 0.6 is 0 Å². The molecule has 0 spiro atoms. The van der Waals surface area contributed by atoms with Crippen molar-refractivity contribution < 1.29 is 19.1 Å². The molecular weight excluding hydrogens is 368 g/mol. The predicted molar refractivity (Wildman–Crippen MR) is 111 cm³/mol. The van der Waals surface area contributed by atoms with E-state index in [1.165, 1.54) is 6.08 Å². The van der Waals surface area contributed by atoms with Crippen LogP contribution in [0.15, 0.2) is 66.9 Å². The molecule has 3 rings (SSSR count). The summed E-state index contributed by atoms with van der Waals surface area (Å²) < 4.78 is 10.3. The van der Waals surface area contributed by atoms with Gasteiger partial charge in [-0.25, -0.2) is 4.79 Å². The Kier molecular flexibility index (Phi) is 6.58. The molecule has 148 valence electrons. The molecular formula is C23H22N2O4. The number of methoxy groups -OCH3 is 1. The molecule has 1 amide bonds. The molecule has 3 aromatic rings. The van der Waals surface area contributed by atoms with E-state index in [1.54, 1.807) is 19.4 Å². The van der Waals surface area contributed by atoms with Crippen LogP contribution in [-0.4, -0.2) is 30.6 Å². The van der Waals surface area contributed by atoms with Gasteiger partial charge in [-0.2, -0.15) is 0 Å². The Hall–Kier alpha value is -3.67. The lowest BCUT2D eigenvalue weighted by atomic mass is 10.1. The second kappa shape index (κ2) is 9.50. The van der Waals surface area contributed by atoms with Crippen LogP contribution in [0.2, 0.25) is 0 Å². The fraction of sp³-hybridized carbons (Fsp3) is 0.174. The Morgan fingerprint density at radius 1 is 1.10 bits per heavy atom. The zero-order valence-corrected chi connectivity index (χ0v) is 16.3. The molecule has 0 bridgehead atoms. The Morgan fingerprint density at radius 2 is 1.90 bits per heavy atom. The normalized spacial score (nSPS) is 11.9. The van der Waals surface area contributed by atoms with E-state index in [0.29, 0.717) is 5.75 Å². The summed E-state index contributed by atoms with van der Waals surface area (Å²) in [6.45, 7) is 1.47. The number of hydrogen-bond acceptors (Lipinski definition) is 5. The van der Waals surface area contributed by atoms with Crippen LogP contribution in [0.5, 0.6) is 5.75 Å². The molecule has 1 N–H and O–H groups in total. The van der Waals surface area contributed by atoms with E-state index in [2.05, 4.69) is 10.3 Å². The van der Waals surface area contributed by atoms with E-state index >= 15 is 0 Å².